The number of rotatable bonds is 2. The Hall–Kier alpha value is -2.18. The van der Waals surface area contributed by atoms with Crippen LogP contribution < -0.4 is 11.1 Å². The molecule has 0 aliphatic carbocycles. The van der Waals surface area contributed by atoms with Gasteiger partial charge < -0.3 is 11.1 Å². The molecule has 0 aliphatic heterocycles. The molecule has 5 nitrogen and oxygen atoms in total. The number of carbonyl (C=O) groups is 1. The largest absolute Gasteiger partial charge is 0.397 e. The maximum absolute atomic E-state index is 12.2. The number of aromatic nitrogens is 2. The SMILES string of the molecule is Cc1nc2ccc(NC(=O)c3cc(Cl)ncc3N)cc2s1. The number of carbonyl (C=O) groups excluding carboxylic acids is 1. The number of fused-ring (bicyclic) bond motifs is 1. The molecule has 3 aromatic rings. The number of amides is 1. The summed E-state index contributed by atoms with van der Waals surface area (Å²) in [6.45, 7) is 1.95. The number of benzene rings is 1. The maximum atomic E-state index is 12.2. The zero-order chi connectivity index (χ0) is 15.0. The van der Waals surface area contributed by atoms with Gasteiger partial charge in [-0.15, -0.1) is 11.3 Å². The molecule has 0 saturated carbocycles. The van der Waals surface area contributed by atoms with Crippen LogP contribution in [-0.4, -0.2) is 15.9 Å². The third-order valence-corrected chi connectivity index (χ3v) is 4.04. The molecule has 0 aliphatic rings. The number of pyridine rings is 1. The van der Waals surface area contributed by atoms with Gasteiger partial charge in [-0.3, -0.25) is 4.79 Å². The second kappa shape index (κ2) is 5.31. The molecule has 3 rings (SSSR count). The first-order valence-corrected chi connectivity index (χ1v) is 7.32. The molecule has 3 N–H and O–H groups in total. The average molecular weight is 319 g/mol. The minimum absolute atomic E-state index is 0.225. The number of aryl methyl sites for hydroxylation is 1. The number of nitrogens with zero attached hydrogens (tertiary/aromatic N) is 2. The number of nitrogens with two attached hydrogens (primary N) is 1. The van der Waals surface area contributed by atoms with Gasteiger partial charge in [0, 0.05) is 5.69 Å². The molecule has 0 unspecified atom stereocenters. The summed E-state index contributed by atoms with van der Waals surface area (Å²) in [6, 6.07) is 7.01. The van der Waals surface area contributed by atoms with E-state index in [-0.39, 0.29) is 16.7 Å². The van der Waals surface area contributed by atoms with Crippen LogP contribution in [0.4, 0.5) is 11.4 Å². The van der Waals surface area contributed by atoms with Crippen molar-refractivity contribution in [2.75, 3.05) is 11.1 Å². The lowest BCUT2D eigenvalue weighted by Crippen LogP contribution is -2.14. The first kappa shape index (κ1) is 13.8. The summed E-state index contributed by atoms with van der Waals surface area (Å²) >= 11 is 7.37. The Morgan fingerprint density at radius 3 is 3.00 bits per heavy atom. The van der Waals surface area contributed by atoms with E-state index in [1.165, 1.54) is 12.3 Å². The molecule has 21 heavy (non-hydrogen) atoms. The van der Waals surface area contributed by atoms with E-state index in [2.05, 4.69) is 15.3 Å². The first-order valence-electron chi connectivity index (χ1n) is 6.12. The van der Waals surface area contributed by atoms with E-state index in [1.54, 1.807) is 17.4 Å². The van der Waals surface area contributed by atoms with E-state index in [0.717, 1.165) is 15.2 Å². The van der Waals surface area contributed by atoms with Gasteiger partial charge in [0.2, 0.25) is 0 Å². The smallest absolute Gasteiger partial charge is 0.257 e. The van der Waals surface area contributed by atoms with Crippen molar-refractivity contribution < 1.29 is 4.79 Å². The van der Waals surface area contributed by atoms with Crippen molar-refractivity contribution in [1.29, 1.82) is 0 Å². The topological polar surface area (TPSA) is 80.9 Å². The summed E-state index contributed by atoms with van der Waals surface area (Å²) in [4.78, 5) is 20.4. The van der Waals surface area contributed by atoms with Gasteiger partial charge in [0.25, 0.3) is 5.91 Å². The van der Waals surface area contributed by atoms with Gasteiger partial charge in [-0.1, -0.05) is 11.6 Å². The van der Waals surface area contributed by atoms with Gasteiger partial charge in [-0.25, -0.2) is 9.97 Å². The Labute approximate surface area is 129 Å². The van der Waals surface area contributed by atoms with Gasteiger partial charge >= 0.3 is 0 Å². The Kier molecular flexibility index (Phi) is 3.48. The van der Waals surface area contributed by atoms with E-state index in [9.17, 15) is 4.79 Å². The summed E-state index contributed by atoms with van der Waals surface area (Å²) in [5, 5.41) is 4.01. The van der Waals surface area contributed by atoms with Crippen LogP contribution in [0.1, 0.15) is 15.4 Å². The molecule has 0 spiro atoms. The minimum atomic E-state index is -0.322. The van der Waals surface area contributed by atoms with E-state index in [1.807, 2.05) is 19.1 Å². The molecule has 1 amide bonds. The van der Waals surface area contributed by atoms with Crippen LogP contribution in [0.15, 0.2) is 30.5 Å². The Balaban J connectivity index is 1.90. The van der Waals surface area contributed by atoms with Crippen LogP contribution in [0.3, 0.4) is 0 Å². The highest BCUT2D eigenvalue weighted by atomic mass is 35.5. The molecule has 0 saturated heterocycles. The molecule has 1 aromatic carbocycles. The fourth-order valence-electron chi connectivity index (χ4n) is 1.95. The molecule has 2 aromatic heterocycles. The van der Waals surface area contributed by atoms with E-state index >= 15 is 0 Å². The van der Waals surface area contributed by atoms with Crippen molar-refractivity contribution in [1.82, 2.24) is 9.97 Å². The Morgan fingerprint density at radius 1 is 1.38 bits per heavy atom. The fourth-order valence-corrected chi connectivity index (χ4v) is 2.98. The van der Waals surface area contributed by atoms with Gasteiger partial charge in [-0.2, -0.15) is 0 Å². The molecule has 106 valence electrons. The van der Waals surface area contributed by atoms with Crippen molar-refractivity contribution in [3.05, 3.63) is 46.2 Å². The number of hydrogen-bond acceptors (Lipinski definition) is 5. The summed E-state index contributed by atoms with van der Waals surface area (Å²) in [5.41, 5.74) is 7.94. The fraction of sp³-hybridized carbons (Fsp3) is 0.0714. The molecule has 0 radical (unpaired) electrons. The third kappa shape index (κ3) is 2.81. The zero-order valence-electron chi connectivity index (χ0n) is 11.1. The number of halogens is 1. The van der Waals surface area contributed by atoms with Gasteiger partial charge in [0.15, 0.2) is 0 Å². The summed E-state index contributed by atoms with van der Waals surface area (Å²) in [7, 11) is 0. The number of thiazole rings is 1. The van der Waals surface area contributed by atoms with Crippen LogP contribution in [0, 0.1) is 6.92 Å². The molecule has 0 bridgehead atoms. The van der Waals surface area contributed by atoms with Crippen molar-refractivity contribution in [2.45, 2.75) is 6.92 Å². The van der Waals surface area contributed by atoms with Crippen LogP contribution in [0.25, 0.3) is 10.2 Å². The van der Waals surface area contributed by atoms with Crippen LogP contribution in [-0.2, 0) is 0 Å². The summed E-state index contributed by atoms with van der Waals surface area (Å²) in [5.74, 6) is -0.322. The van der Waals surface area contributed by atoms with E-state index in [0.29, 0.717) is 11.3 Å². The second-order valence-electron chi connectivity index (χ2n) is 4.46. The zero-order valence-corrected chi connectivity index (χ0v) is 12.6. The first-order chi connectivity index (χ1) is 10.0. The number of anilines is 2. The molecule has 7 heteroatoms. The second-order valence-corrected chi connectivity index (χ2v) is 6.09. The average Bonchev–Trinajstić information content (AvgIpc) is 2.80. The van der Waals surface area contributed by atoms with Gasteiger partial charge in [-0.05, 0) is 31.2 Å². The molecule has 2 heterocycles. The minimum Gasteiger partial charge on any atom is -0.397 e. The number of nitrogens with one attached hydrogen (secondary N) is 1. The third-order valence-electron chi connectivity index (χ3n) is 2.90. The molecular formula is C14H11ClN4OS. The lowest BCUT2D eigenvalue weighted by molar-refractivity contribution is 0.102. The van der Waals surface area contributed by atoms with Gasteiger partial charge in [0.05, 0.1) is 32.7 Å². The van der Waals surface area contributed by atoms with Crippen molar-refractivity contribution in [3.63, 3.8) is 0 Å². The molecular weight excluding hydrogens is 308 g/mol. The number of nitrogen functional groups attached to an aromatic ring is 1. The predicted molar refractivity (Wildman–Crippen MR) is 86.0 cm³/mol. The normalized spacial score (nSPS) is 10.8. The highest BCUT2D eigenvalue weighted by Crippen LogP contribution is 2.25. The van der Waals surface area contributed by atoms with Crippen LogP contribution >= 0.6 is 22.9 Å². The Bertz CT molecular complexity index is 846. The van der Waals surface area contributed by atoms with Crippen LogP contribution in [0.2, 0.25) is 5.15 Å². The molecule has 0 fully saturated rings. The summed E-state index contributed by atoms with van der Waals surface area (Å²) < 4.78 is 1.02. The van der Waals surface area contributed by atoms with Crippen LogP contribution in [0.5, 0.6) is 0 Å². The lowest BCUT2D eigenvalue weighted by Gasteiger charge is -2.07. The standard InChI is InChI=1S/C14H11ClN4OS/c1-7-18-11-3-2-8(4-12(11)21-7)19-14(20)9-5-13(15)17-6-10(9)16/h2-6H,16H2,1H3,(H,19,20). The summed E-state index contributed by atoms with van der Waals surface area (Å²) in [6.07, 6.45) is 1.37. The molecule has 0 atom stereocenters. The maximum Gasteiger partial charge on any atom is 0.257 e. The number of hydrogen-bond donors (Lipinski definition) is 2. The van der Waals surface area contributed by atoms with Crippen molar-refractivity contribution in [3.8, 4) is 0 Å². The Morgan fingerprint density at radius 2 is 2.19 bits per heavy atom. The monoisotopic (exact) mass is 318 g/mol. The van der Waals surface area contributed by atoms with Gasteiger partial charge in [0.1, 0.15) is 5.15 Å². The highest BCUT2D eigenvalue weighted by molar-refractivity contribution is 7.18. The quantitative estimate of drug-likeness (QED) is 0.709. The van der Waals surface area contributed by atoms with E-state index < -0.39 is 0 Å². The van der Waals surface area contributed by atoms with E-state index in [4.69, 9.17) is 17.3 Å². The highest BCUT2D eigenvalue weighted by Gasteiger charge is 2.12. The van der Waals surface area contributed by atoms with Crippen molar-refractivity contribution in [2.24, 2.45) is 0 Å². The predicted octanol–water partition coefficient (Wildman–Crippen LogP) is 3.49. The van der Waals surface area contributed by atoms with Crippen molar-refractivity contribution >= 4 is 50.4 Å². The lowest BCUT2D eigenvalue weighted by atomic mass is 10.2.